The van der Waals surface area contributed by atoms with Gasteiger partial charge in [0.2, 0.25) is 0 Å². The van der Waals surface area contributed by atoms with Gasteiger partial charge in [0.25, 0.3) is 0 Å². The van der Waals surface area contributed by atoms with Gasteiger partial charge >= 0.3 is 0 Å². The molecular weight excluding hydrogens is 199 g/mol. The molecule has 0 aliphatic heterocycles. The molecule has 0 atom stereocenters. The lowest BCUT2D eigenvalue weighted by Gasteiger charge is -2.18. The van der Waals surface area contributed by atoms with E-state index in [0.717, 1.165) is 12.3 Å². The van der Waals surface area contributed by atoms with E-state index >= 15 is 0 Å². The van der Waals surface area contributed by atoms with Crippen molar-refractivity contribution >= 4 is 13.2 Å². The molecule has 0 aliphatic rings. The third kappa shape index (κ3) is 4.44. The number of rotatable bonds is 5. The minimum atomic E-state index is -0.134. The van der Waals surface area contributed by atoms with Crippen molar-refractivity contribution in [2.75, 3.05) is 12.3 Å². The largest absolute Gasteiger partial charge is 0.0998 e. The molecule has 0 aromatic heterocycles. The lowest BCUT2D eigenvalue weighted by Crippen LogP contribution is -2.06. The van der Waals surface area contributed by atoms with Crippen LogP contribution in [-0.2, 0) is 0 Å². The zero-order valence-corrected chi connectivity index (χ0v) is 10.6. The van der Waals surface area contributed by atoms with E-state index < -0.39 is 0 Å². The predicted molar refractivity (Wildman–Crippen MR) is 72.4 cm³/mol. The quantitative estimate of drug-likeness (QED) is 0.518. The summed E-state index contributed by atoms with van der Waals surface area (Å²) in [6.07, 6.45) is 2.23. The van der Waals surface area contributed by atoms with Crippen molar-refractivity contribution in [1.29, 1.82) is 0 Å². The Balaban J connectivity index is 2.81. The van der Waals surface area contributed by atoms with Gasteiger partial charge in [0.05, 0.1) is 0 Å². The van der Waals surface area contributed by atoms with Gasteiger partial charge in [-0.25, -0.2) is 0 Å². The Morgan fingerprint density at radius 1 is 1.00 bits per heavy atom. The average molecular weight is 218 g/mol. The third-order valence-electron chi connectivity index (χ3n) is 2.04. The smallest absolute Gasteiger partial charge is 0.00767 e. The highest BCUT2D eigenvalue weighted by atomic mass is 31.1. The highest BCUT2D eigenvalue weighted by molar-refractivity contribution is 7.66. The van der Waals surface area contributed by atoms with Gasteiger partial charge in [-0.2, -0.15) is 0 Å². The molecule has 0 aliphatic carbocycles. The normalized spacial score (nSPS) is 10.3. The van der Waals surface area contributed by atoms with Crippen LogP contribution in [0.15, 0.2) is 54.6 Å². The van der Waals surface area contributed by atoms with Crippen molar-refractivity contribution in [3.8, 4) is 0 Å². The topological polar surface area (TPSA) is 0 Å². The van der Waals surface area contributed by atoms with Gasteiger partial charge in [0.1, 0.15) is 0 Å². The Bertz CT molecular complexity index is 322. The summed E-state index contributed by atoms with van der Waals surface area (Å²) in [4.78, 5) is 0. The van der Waals surface area contributed by atoms with E-state index in [4.69, 9.17) is 0 Å². The van der Waals surface area contributed by atoms with E-state index in [-0.39, 0.29) is 7.92 Å². The molecule has 0 N–H and O–H groups in total. The molecule has 0 heterocycles. The van der Waals surface area contributed by atoms with E-state index in [9.17, 15) is 0 Å². The first kappa shape index (κ1) is 12.2. The number of hydrogen-bond acceptors (Lipinski definition) is 0. The summed E-state index contributed by atoms with van der Waals surface area (Å²) in [5.74, 6) is 0. The zero-order valence-electron chi connectivity index (χ0n) is 9.66. The molecule has 80 valence electrons. The highest BCUT2D eigenvalue weighted by Crippen LogP contribution is 2.37. The molecule has 15 heavy (non-hydrogen) atoms. The van der Waals surface area contributed by atoms with Crippen molar-refractivity contribution in [3.05, 3.63) is 54.6 Å². The summed E-state index contributed by atoms with van der Waals surface area (Å²) in [7, 11) is -0.134. The Morgan fingerprint density at radius 2 is 1.47 bits per heavy atom. The molecule has 0 nitrogen and oxygen atoms in total. The van der Waals surface area contributed by atoms with Crippen LogP contribution in [-0.4, -0.2) is 12.3 Å². The van der Waals surface area contributed by atoms with Gasteiger partial charge in [-0.05, 0) is 31.5 Å². The summed E-state index contributed by atoms with van der Waals surface area (Å²) in [5.41, 5.74) is 2.54. The van der Waals surface area contributed by atoms with Crippen LogP contribution in [0.4, 0.5) is 0 Å². The fraction of sp³-hybridized carbons (Fsp3) is 0.286. The molecule has 1 rings (SSSR count). The van der Waals surface area contributed by atoms with Crippen molar-refractivity contribution in [2.45, 2.75) is 13.8 Å². The van der Waals surface area contributed by atoms with Crippen molar-refractivity contribution in [1.82, 2.24) is 0 Å². The Labute approximate surface area is 94.5 Å². The van der Waals surface area contributed by atoms with Gasteiger partial charge in [-0.15, -0.1) is 0 Å². The van der Waals surface area contributed by atoms with Crippen molar-refractivity contribution in [3.63, 3.8) is 0 Å². The molecule has 0 saturated carbocycles. The summed E-state index contributed by atoms with van der Waals surface area (Å²) >= 11 is 0. The molecule has 0 fully saturated rings. The maximum absolute atomic E-state index is 4.01. The van der Waals surface area contributed by atoms with Gasteiger partial charge in [-0.3, -0.25) is 0 Å². The van der Waals surface area contributed by atoms with Gasteiger partial charge in [0, 0.05) is 0 Å². The standard InChI is InChI=1S/C14H19P/c1-12(2)10-15(11-13(3)4)14-8-6-5-7-9-14/h5-9H,1,3,10-11H2,2,4H3. The Morgan fingerprint density at radius 3 is 1.87 bits per heavy atom. The first-order valence-electron chi connectivity index (χ1n) is 5.18. The van der Waals surface area contributed by atoms with Crippen molar-refractivity contribution < 1.29 is 0 Å². The molecule has 1 heteroatoms. The van der Waals surface area contributed by atoms with Crippen molar-refractivity contribution in [2.24, 2.45) is 0 Å². The van der Waals surface area contributed by atoms with Crippen LogP contribution in [0, 0.1) is 0 Å². The second kappa shape index (κ2) is 5.88. The van der Waals surface area contributed by atoms with Crippen LogP contribution in [0.3, 0.4) is 0 Å². The van der Waals surface area contributed by atoms with Crippen LogP contribution in [0.5, 0.6) is 0 Å². The fourth-order valence-electron chi connectivity index (χ4n) is 1.53. The molecule has 0 spiro atoms. The molecule has 0 amide bonds. The molecule has 1 aromatic carbocycles. The molecule has 0 unspecified atom stereocenters. The van der Waals surface area contributed by atoms with E-state index in [1.54, 1.807) is 0 Å². The van der Waals surface area contributed by atoms with E-state index in [1.165, 1.54) is 16.5 Å². The molecule has 0 saturated heterocycles. The molecule has 0 radical (unpaired) electrons. The first-order valence-corrected chi connectivity index (χ1v) is 6.89. The second-order valence-corrected chi connectivity index (χ2v) is 6.33. The van der Waals surface area contributed by atoms with Gasteiger partial charge < -0.3 is 0 Å². The first-order chi connectivity index (χ1) is 7.09. The van der Waals surface area contributed by atoms with Crippen LogP contribution in [0.25, 0.3) is 0 Å². The van der Waals surface area contributed by atoms with Crippen LogP contribution in [0.2, 0.25) is 0 Å². The summed E-state index contributed by atoms with van der Waals surface area (Å²) < 4.78 is 0. The van der Waals surface area contributed by atoms with Crippen LogP contribution in [0.1, 0.15) is 13.8 Å². The second-order valence-electron chi connectivity index (χ2n) is 4.11. The van der Waals surface area contributed by atoms with Gasteiger partial charge in [0.15, 0.2) is 0 Å². The third-order valence-corrected chi connectivity index (χ3v) is 4.91. The molecule has 1 aromatic rings. The minimum Gasteiger partial charge on any atom is -0.0998 e. The van der Waals surface area contributed by atoms with Crippen LogP contribution >= 0.6 is 7.92 Å². The summed E-state index contributed by atoms with van der Waals surface area (Å²) in [6, 6.07) is 10.7. The SMILES string of the molecule is C=C(C)CP(CC(=C)C)c1ccccc1. The molecule has 0 bridgehead atoms. The monoisotopic (exact) mass is 218 g/mol. The van der Waals surface area contributed by atoms with E-state index in [2.05, 4.69) is 57.3 Å². The molecular formula is C14H19P. The predicted octanol–water partition coefficient (Wildman–Crippen LogP) is 3.95. The van der Waals surface area contributed by atoms with E-state index in [1.807, 2.05) is 0 Å². The number of benzene rings is 1. The van der Waals surface area contributed by atoms with Gasteiger partial charge in [-0.1, -0.05) is 62.6 Å². The number of hydrogen-bond donors (Lipinski definition) is 0. The zero-order chi connectivity index (χ0) is 11.3. The maximum Gasteiger partial charge on any atom is -0.00767 e. The highest BCUT2D eigenvalue weighted by Gasteiger charge is 2.10. The number of allylic oxidation sites excluding steroid dienone is 2. The lowest BCUT2D eigenvalue weighted by molar-refractivity contribution is 1.37. The van der Waals surface area contributed by atoms with E-state index in [0.29, 0.717) is 0 Å². The lowest BCUT2D eigenvalue weighted by atomic mass is 10.4. The summed E-state index contributed by atoms with van der Waals surface area (Å²) in [6.45, 7) is 12.2. The Hall–Kier alpha value is -0.870. The summed E-state index contributed by atoms with van der Waals surface area (Å²) in [5, 5.41) is 1.46. The maximum atomic E-state index is 4.01. The fourth-order valence-corrected chi connectivity index (χ4v) is 3.90. The van der Waals surface area contributed by atoms with Crippen LogP contribution < -0.4 is 5.30 Å². The Kier molecular flexibility index (Phi) is 4.78. The minimum absolute atomic E-state index is 0.134. The average Bonchev–Trinajstić information content (AvgIpc) is 2.17.